The molecular formula is C35H32Cl2SiZr. The third-order valence-electron chi connectivity index (χ3n) is 8.47. The molecule has 1 heterocycles. The Kier molecular flexibility index (Phi) is 9.30. The maximum atomic E-state index is 2.59. The van der Waals surface area contributed by atoms with Crippen LogP contribution in [-0.4, -0.2) is 5.43 Å². The van der Waals surface area contributed by atoms with Crippen LogP contribution >= 0.6 is 0 Å². The minimum atomic E-state index is -2.01. The zero-order valence-electron chi connectivity index (χ0n) is 22.0. The van der Waals surface area contributed by atoms with Crippen molar-refractivity contribution in [3.63, 3.8) is 0 Å². The number of hydrogen-bond donors (Lipinski definition) is 0. The Morgan fingerprint density at radius 1 is 0.590 bits per heavy atom. The molecule has 0 atom stereocenters. The van der Waals surface area contributed by atoms with E-state index in [1.165, 1.54) is 59.1 Å². The van der Waals surface area contributed by atoms with Crippen LogP contribution < -0.4 is 24.8 Å². The van der Waals surface area contributed by atoms with Crippen molar-refractivity contribution in [2.45, 2.75) is 41.4 Å². The summed E-state index contributed by atoms with van der Waals surface area (Å²) >= 11 is -2.01. The standard InChI is InChI=1S/C25H17.C5H10Si.C5H5.2ClH.Zr/c1-3-7-18(8-4-1)20-11-13-24-22(15-20)17-23-16-21(12-14-25(23)24)19-9-5-2-6-10-19;1-2-4-6-5-3-1;1-2-4-5-3-1;;;/h1-17H;1-5H2;1-3H,4H2;2*1H;/q;;;;;+2/p-2. The van der Waals surface area contributed by atoms with Gasteiger partial charge >= 0.3 is 230 Å². The summed E-state index contributed by atoms with van der Waals surface area (Å²) in [6, 6.07) is 39.9. The van der Waals surface area contributed by atoms with E-state index in [-0.39, 0.29) is 30.2 Å². The van der Waals surface area contributed by atoms with Crippen molar-refractivity contribution in [3.8, 4) is 33.4 Å². The maximum absolute atomic E-state index is 2.59. The molecule has 1 fully saturated rings. The summed E-state index contributed by atoms with van der Waals surface area (Å²) in [5, 5.41) is 0. The molecule has 4 aromatic rings. The Morgan fingerprint density at radius 2 is 1.13 bits per heavy atom. The molecule has 2 aliphatic carbocycles. The molecule has 0 spiro atoms. The molecule has 3 aliphatic rings. The molecular weight excluding hydrogens is 611 g/mol. The fourth-order valence-corrected chi connectivity index (χ4v) is 30.7. The van der Waals surface area contributed by atoms with E-state index in [4.69, 9.17) is 0 Å². The second kappa shape index (κ2) is 12.7. The van der Waals surface area contributed by atoms with Gasteiger partial charge in [0, 0.05) is 0 Å². The zero-order valence-corrected chi connectivity index (χ0v) is 27.0. The summed E-state index contributed by atoms with van der Waals surface area (Å²) in [7, 11) is 0. The van der Waals surface area contributed by atoms with E-state index in [0.717, 1.165) is 0 Å². The monoisotopic (exact) mass is 640 g/mol. The number of allylic oxidation sites excluding steroid dienone is 4. The van der Waals surface area contributed by atoms with Crippen molar-refractivity contribution in [1.29, 1.82) is 0 Å². The molecule has 1 aliphatic heterocycles. The smallest absolute Gasteiger partial charge is 1.00 e. The van der Waals surface area contributed by atoms with Gasteiger partial charge < -0.3 is 24.8 Å². The number of fused-ring (bicyclic) bond motifs is 3. The van der Waals surface area contributed by atoms with Crippen LogP contribution in [0.5, 0.6) is 0 Å². The SMILES string of the molecule is C1=CC[C]([Zr+2]([CH]2c3cc(-c4ccccc4)ccc3-c3ccc(-c4ccccc4)cc32)=[Si]2CCCCC2)=C1.[Cl-].[Cl-]. The zero-order chi connectivity index (χ0) is 24.6. The van der Waals surface area contributed by atoms with Crippen molar-refractivity contribution in [2.24, 2.45) is 0 Å². The van der Waals surface area contributed by atoms with Crippen LogP contribution in [0.15, 0.2) is 119 Å². The van der Waals surface area contributed by atoms with Gasteiger partial charge in [-0.15, -0.1) is 0 Å². The van der Waals surface area contributed by atoms with E-state index < -0.39 is 20.4 Å². The first-order valence-corrected chi connectivity index (χ1v) is 22.1. The molecule has 4 heteroatoms. The predicted molar refractivity (Wildman–Crippen MR) is 156 cm³/mol. The van der Waals surface area contributed by atoms with Gasteiger partial charge in [0.1, 0.15) is 0 Å². The van der Waals surface area contributed by atoms with Gasteiger partial charge in [-0.05, 0) is 0 Å². The minimum Gasteiger partial charge on any atom is -1.00 e. The van der Waals surface area contributed by atoms with Gasteiger partial charge in [-0.3, -0.25) is 0 Å². The Labute approximate surface area is 253 Å². The molecule has 4 aromatic carbocycles. The minimum absolute atomic E-state index is 0. The second-order valence-corrected chi connectivity index (χ2v) is 26.3. The molecule has 39 heavy (non-hydrogen) atoms. The average Bonchev–Trinajstić information content (AvgIpc) is 3.62. The maximum Gasteiger partial charge on any atom is -1.00 e. The van der Waals surface area contributed by atoms with E-state index >= 15 is 0 Å². The third kappa shape index (κ3) is 5.51. The van der Waals surface area contributed by atoms with Crippen LogP contribution in [0, 0.1) is 0 Å². The molecule has 7 rings (SSSR count). The molecule has 0 bridgehead atoms. The average molecular weight is 643 g/mol. The van der Waals surface area contributed by atoms with Crippen LogP contribution in [0.4, 0.5) is 0 Å². The Morgan fingerprint density at radius 3 is 1.62 bits per heavy atom. The van der Waals surface area contributed by atoms with Gasteiger partial charge in [-0.25, -0.2) is 0 Å². The number of hydrogen-bond acceptors (Lipinski definition) is 0. The second-order valence-electron chi connectivity index (χ2n) is 10.7. The first-order valence-electron chi connectivity index (χ1n) is 13.8. The normalized spacial score (nSPS) is 15.4. The number of rotatable bonds is 4. The van der Waals surface area contributed by atoms with E-state index in [1.54, 1.807) is 23.2 Å². The van der Waals surface area contributed by atoms with Gasteiger partial charge in [-0.2, -0.15) is 0 Å². The largest absolute Gasteiger partial charge is 1.00 e. The molecule has 0 aromatic heterocycles. The molecule has 0 nitrogen and oxygen atoms in total. The van der Waals surface area contributed by atoms with Gasteiger partial charge in [0.05, 0.1) is 0 Å². The molecule has 0 radical (unpaired) electrons. The Bertz CT molecular complexity index is 1470. The van der Waals surface area contributed by atoms with Crippen LogP contribution in [0.1, 0.15) is 40.4 Å². The van der Waals surface area contributed by atoms with Gasteiger partial charge in [-0.1, -0.05) is 0 Å². The topological polar surface area (TPSA) is 0 Å². The van der Waals surface area contributed by atoms with Gasteiger partial charge in [0.2, 0.25) is 0 Å². The summed E-state index contributed by atoms with van der Waals surface area (Å²) in [4.78, 5) is 0. The molecule has 0 amide bonds. The quantitative estimate of drug-likeness (QED) is 0.298. The summed E-state index contributed by atoms with van der Waals surface area (Å²) < 4.78 is 2.54. The van der Waals surface area contributed by atoms with E-state index in [1.807, 2.05) is 3.28 Å². The van der Waals surface area contributed by atoms with Crippen molar-refractivity contribution in [2.75, 3.05) is 0 Å². The summed E-state index contributed by atoms with van der Waals surface area (Å²) in [6.07, 6.45) is 13.0. The van der Waals surface area contributed by atoms with E-state index in [2.05, 4.69) is 115 Å². The van der Waals surface area contributed by atoms with E-state index in [9.17, 15) is 0 Å². The van der Waals surface area contributed by atoms with Crippen molar-refractivity contribution in [1.82, 2.24) is 0 Å². The molecule has 0 unspecified atom stereocenters. The van der Waals surface area contributed by atoms with Crippen LogP contribution in [0.25, 0.3) is 33.4 Å². The first-order chi connectivity index (χ1) is 18.4. The Hall–Kier alpha value is -1.96. The summed E-state index contributed by atoms with van der Waals surface area (Å²) in [6.45, 7) is 0. The van der Waals surface area contributed by atoms with Crippen LogP contribution in [0.2, 0.25) is 12.1 Å². The first kappa shape index (κ1) is 28.6. The number of benzene rings is 4. The van der Waals surface area contributed by atoms with E-state index in [0.29, 0.717) is 3.63 Å². The van der Waals surface area contributed by atoms with Crippen LogP contribution in [0.3, 0.4) is 0 Å². The van der Waals surface area contributed by atoms with Crippen molar-refractivity contribution < 1.29 is 45.2 Å². The molecule has 194 valence electrons. The third-order valence-corrected chi connectivity index (χ3v) is 29.6. The summed E-state index contributed by atoms with van der Waals surface area (Å²) in [5.74, 6) is 0. The fraction of sp³-hybridized carbons (Fsp3) is 0.200. The molecule has 0 saturated carbocycles. The Balaban J connectivity index is 0.00000154. The molecule has 0 N–H and O–H groups in total. The fourth-order valence-electron chi connectivity index (χ4n) is 6.70. The van der Waals surface area contributed by atoms with Gasteiger partial charge in [0.15, 0.2) is 0 Å². The van der Waals surface area contributed by atoms with Crippen molar-refractivity contribution >= 4 is 5.43 Å². The summed E-state index contributed by atoms with van der Waals surface area (Å²) in [5.41, 5.74) is 11.4. The van der Waals surface area contributed by atoms with Gasteiger partial charge in [0.25, 0.3) is 0 Å². The number of halogens is 2. The van der Waals surface area contributed by atoms with Crippen molar-refractivity contribution in [3.05, 3.63) is 130 Å². The predicted octanol–water partition coefficient (Wildman–Crippen LogP) is 3.74. The van der Waals surface area contributed by atoms with Crippen LogP contribution in [-0.2, 0) is 20.4 Å². The molecule has 1 saturated heterocycles.